The van der Waals surface area contributed by atoms with E-state index >= 15 is 0 Å². The summed E-state index contributed by atoms with van der Waals surface area (Å²) in [6.07, 6.45) is 4.27. The third-order valence-corrected chi connectivity index (χ3v) is 5.43. The first-order valence-corrected chi connectivity index (χ1v) is 10.4. The number of carbonyl (C=O) groups excluding carboxylic acids is 3. The maximum Gasteiger partial charge on any atom is 0.255 e. The van der Waals surface area contributed by atoms with Gasteiger partial charge in [0.05, 0.1) is 11.6 Å². The minimum atomic E-state index is -0.781. The Labute approximate surface area is 181 Å². The van der Waals surface area contributed by atoms with E-state index in [0.29, 0.717) is 31.4 Å². The number of nitrogens with zero attached hydrogens (tertiary/aromatic N) is 1. The molecular weight excluding hydrogens is 395 g/mol. The molecular formula is C25H25FN2O3. The third-order valence-electron chi connectivity index (χ3n) is 5.43. The van der Waals surface area contributed by atoms with E-state index in [4.69, 9.17) is 5.73 Å². The molecule has 1 aliphatic rings. The van der Waals surface area contributed by atoms with E-state index in [2.05, 4.69) is 11.8 Å². The summed E-state index contributed by atoms with van der Waals surface area (Å²) in [6, 6.07) is 9.49. The van der Waals surface area contributed by atoms with Gasteiger partial charge in [-0.1, -0.05) is 37.3 Å². The van der Waals surface area contributed by atoms with E-state index < -0.39 is 17.8 Å². The van der Waals surface area contributed by atoms with Crippen molar-refractivity contribution < 1.29 is 18.8 Å². The molecule has 3 rings (SSSR count). The van der Waals surface area contributed by atoms with Gasteiger partial charge in [-0.05, 0) is 54.7 Å². The predicted octanol–water partition coefficient (Wildman–Crippen LogP) is 3.62. The van der Waals surface area contributed by atoms with Gasteiger partial charge in [-0.2, -0.15) is 0 Å². The van der Waals surface area contributed by atoms with E-state index in [9.17, 15) is 18.8 Å². The summed E-state index contributed by atoms with van der Waals surface area (Å²) in [6.45, 7) is 2.38. The number of carbonyl (C=O) groups is 3. The Morgan fingerprint density at radius 1 is 1.32 bits per heavy atom. The largest absolute Gasteiger partial charge is 0.366 e. The number of aryl methyl sites for hydroxylation is 1. The van der Waals surface area contributed by atoms with Crippen LogP contribution in [-0.4, -0.2) is 29.0 Å². The lowest BCUT2D eigenvalue weighted by molar-refractivity contribution is -0.112. The van der Waals surface area contributed by atoms with Crippen LogP contribution in [0.2, 0.25) is 0 Å². The van der Waals surface area contributed by atoms with Crippen LogP contribution in [0.3, 0.4) is 0 Å². The number of rotatable bonds is 8. The molecule has 0 aromatic heterocycles. The molecule has 0 spiro atoms. The van der Waals surface area contributed by atoms with Gasteiger partial charge in [0, 0.05) is 24.1 Å². The van der Waals surface area contributed by atoms with Gasteiger partial charge in [-0.15, -0.1) is 0 Å². The summed E-state index contributed by atoms with van der Waals surface area (Å²) in [5, 5.41) is 0. The molecule has 2 aromatic carbocycles. The Morgan fingerprint density at radius 3 is 2.81 bits per heavy atom. The molecule has 1 unspecified atom stereocenters. The normalized spacial score (nSPS) is 13.4. The Bertz CT molecular complexity index is 1070. The lowest BCUT2D eigenvalue weighted by Gasteiger charge is -2.22. The lowest BCUT2D eigenvalue weighted by atomic mass is 10.0. The van der Waals surface area contributed by atoms with Gasteiger partial charge < -0.3 is 15.4 Å². The molecule has 160 valence electrons. The van der Waals surface area contributed by atoms with Crippen LogP contribution in [0.4, 0.5) is 4.39 Å². The first kappa shape index (κ1) is 22.2. The highest BCUT2D eigenvalue weighted by atomic mass is 19.1. The van der Waals surface area contributed by atoms with Crippen LogP contribution in [0.25, 0.3) is 0 Å². The van der Waals surface area contributed by atoms with Gasteiger partial charge in [0.1, 0.15) is 12.1 Å². The summed E-state index contributed by atoms with van der Waals surface area (Å²) < 4.78 is 13.8. The van der Waals surface area contributed by atoms with E-state index in [0.717, 1.165) is 35.8 Å². The van der Waals surface area contributed by atoms with Crippen LogP contribution in [0.1, 0.15) is 70.0 Å². The van der Waals surface area contributed by atoms with Crippen LogP contribution < -0.4 is 5.73 Å². The minimum absolute atomic E-state index is 0.110. The van der Waals surface area contributed by atoms with Gasteiger partial charge in [0.25, 0.3) is 11.8 Å². The van der Waals surface area contributed by atoms with Crippen LogP contribution >= 0.6 is 0 Å². The lowest BCUT2D eigenvalue weighted by Crippen LogP contribution is -2.36. The van der Waals surface area contributed by atoms with Crippen molar-refractivity contribution in [2.45, 2.75) is 51.6 Å². The summed E-state index contributed by atoms with van der Waals surface area (Å²) >= 11 is 0. The van der Waals surface area contributed by atoms with Gasteiger partial charge in [0.15, 0.2) is 0 Å². The number of halogens is 1. The number of amides is 2. The van der Waals surface area contributed by atoms with Gasteiger partial charge in [0.2, 0.25) is 0 Å². The van der Waals surface area contributed by atoms with Crippen molar-refractivity contribution >= 4 is 18.1 Å². The van der Waals surface area contributed by atoms with E-state index in [1.54, 1.807) is 17.0 Å². The highest BCUT2D eigenvalue weighted by Gasteiger charge is 2.33. The maximum atomic E-state index is 13.8. The molecule has 1 heterocycles. The third kappa shape index (κ3) is 5.00. The van der Waals surface area contributed by atoms with Crippen LogP contribution in [0, 0.1) is 17.7 Å². The fraction of sp³-hybridized carbons (Fsp3) is 0.320. The number of primary amides is 1. The van der Waals surface area contributed by atoms with Crippen LogP contribution in [0.5, 0.6) is 0 Å². The Balaban J connectivity index is 1.64. The van der Waals surface area contributed by atoms with E-state index in [1.807, 2.05) is 19.1 Å². The molecule has 1 aliphatic heterocycles. The molecule has 0 fully saturated rings. The first-order chi connectivity index (χ1) is 15.0. The molecule has 5 nitrogen and oxygen atoms in total. The van der Waals surface area contributed by atoms with Crippen molar-refractivity contribution in [2.24, 2.45) is 5.73 Å². The molecule has 2 N–H and O–H groups in total. The summed E-state index contributed by atoms with van der Waals surface area (Å²) in [5.74, 6) is 4.76. The second kappa shape index (κ2) is 10.0. The Hall–Kier alpha value is -3.46. The van der Waals surface area contributed by atoms with Crippen LogP contribution in [-0.2, 0) is 17.8 Å². The number of hydrogen-bond donors (Lipinski definition) is 1. The quantitative estimate of drug-likeness (QED) is 0.402. The molecule has 1 atom stereocenters. The fourth-order valence-electron chi connectivity index (χ4n) is 3.79. The second-order valence-electron chi connectivity index (χ2n) is 7.59. The number of nitrogens with two attached hydrogens (primary N) is 1. The van der Waals surface area contributed by atoms with Crippen molar-refractivity contribution in [3.8, 4) is 11.8 Å². The zero-order chi connectivity index (χ0) is 22.4. The molecule has 0 aliphatic carbocycles. The monoisotopic (exact) mass is 420 g/mol. The van der Waals surface area contributed by atoms with Crippen molar-refractivity contribution in [1.82, 2.24) is 4.90 Å². The molecule has 0 bridgehead atoms. The van der Waals surface area contributed by atoms with Crippen molar-refractivity contribution in [3.63, 3.8) is 0 Å². The summed E-state index contributed by atoms with van der Waals surface area (Å²) in [4.78, 5) is 36.9. The number of hydrogen-bond acceptors (Lipinski definition) is 3. The average Bonchev–Trinajstić information content (AvgIpc) is 3.09. The second-order valence-corrected chi connectivity index (χ2v) is 7.59. The number of unbranched alkanes of at least 4 members (excludes halogenated alkanes) is 1. The van der Waals surface area contributed by atoms with Crippen molar-refractivity contribution in [2.75, 3.05) is 0 Å². The van der Waals surface area contributed by atoms with Crippen LogP contribution in [0.15, 0.2) is 36.4 Å². The summed E-state index contributed by atoms with van der Waals surface area (Å²) in [7, 11) is 0. The predicted molar refractivity (Wildman–Crippen MR) is 116 cm³/mol. The zero-order valence-electron chi connectivity index (χ0n) is 17.5. The zero-order valence-corrected chi connectivity index (χ0v) is 17.5. The van der Waals surface area contributed by atoms with Gasteiger partial charge in [-0.3, -0.25) is 9.59 Å². The molecule has 0 saturated carbocycles. The molecule has 0 radical (unpaired) electrons. The highest BCUT2D eigenvalue weighted by Crippen LogP contribution is 2.28. The Morgan fingerprint density at radius 2 is 2.13 bits per heavy atom. The number of benzene rings is 2. The molecule has 2 amide bonds. The standard InChI is InChI=1S/C25H25FN2O3/c1-2-7-19(16-29)28-15-22-18(10-6-11-20(22)25(28)31)9-5-3-4-8-17-12-13-21(24(27)30)23(26)14-17/h6,10-14,16,19H,2-4,7-8,15H2,1H3,(H2,27,30). The SMILES string of the molecule is CCCC(C=O)N1Cc2c(C#CCCCc3ccc(C(N)=O)c(F)c3)cccc2C1=O. The topological polar surface area (TPSA) is 80.5 Å². The van der Waals surface area contributed by atoms with Gasteiger partial charge in [-0.25, -0.2) is 4.39 Å². The average molecular weight is 420 g/mol. The van der Waals surface area contributed by atoms with E-state index in [-0.39, 0.29) is 11.5 Å². The molecule has 2 aromatic rings. The smallest absolute Gasteiger partial charge is 0.255 e. The fourth-order valence-corrected chi connectivity index (χ4v) is 3.79. The highest BCUT2D eigenvalue weighted by molar-refractivity contribution is 6.00. The number of fused-ring (bicyclic) bond motifs is 1. The Kier molecular flexibility index (Phi) is 7.19. The minimum Gasteiger partial charge on any atom is -0.366 e. The first-order valence-electron chi connectivity index (χ1n) is 10.4. The maximum absolute atomic E-state index is 13.8. The molecule has 31 heavy (non-hydrogen) atoms. The van der Waals surface area contributed by atoms with E-state index in [1.165, 1.54) is 12.1 Å². The van der Waals surface area contributed by atoms with Crippen molar-refractivity contribution in [1.29, 1.82) is 0 Å². The molecule has 6 heteroatoms. The van der Waals surface area contributed by atoms with Crippen molar-refractivity contribution in [3.05, 3.63) is 70.0 Å². The number of aldehydes is 1. The molecule has 0 saturated heterocycles. The summed E-state index contributed by atoms with van der Waals surface area (Å²) in [5.41, 5.74) is 8.06. The van der Waals surface area contributed by atoms with Gasteiger partial charge >= 0.3 is 0 Å².